The van der Waals surface area contributed by atoms with Crippen LogP contribution in [-0.2, 0) is 6.42 Å². The minimum atomic E-state index is 0.109. The number of hydrogen-bond acceptors (Lipinski definition) is 2. The number of aliphatic hydroxyl groups is 1. The summed E-state index contributed by atoms with van der Waals surface area (Å²) in [6, 6.07) is 5.72. The monoisotopic (exact) mass is 226 g/mol. The predicted octanol–water partition coefficient (Wildman–Crippen LogP) is 2.66. The Balaban J connectivity index is 2.15. The average molecular weight is 227 g/mol. The molecule has 0 aromatic heterocycles. The minimum absolute atomic E-state index is 0.109. The fourth-order valence-electron chi connectivity index (χ4n) is 1.77. The summed E-state index contributed by atoms with van der Waals surface area (Å²) in [5.41, 5.74) is 1.21. The van der Waals surface area contributed by atoms with E-state index in [4.69, 9.17) is 16.3 Å². The quantitative estimate of drug-likeness (QED) is 0.856. The first-order valence-corrected chi connectivity index (χ1v) is 5.50. The highest BCUT2D eigenvalue weighted by molar-refractivity contribution is 6.31. The highest BCUT2D eigenvalue weighted by Gasteiger charge is 2.42. The molecule has 0 amide bonds. The third-order valence-corrected chi connectivity index (χ3v) is 3.47. The maximum absolute atomic E-state index is 9.24. The Labute approximate surface area is 94.8 Å². The zero-order chi connectivity index (χ0) is 10.9. The van der Waals surface area contributed by atoms with Crippen molar-refractivity contribution in [3.8, 4) is 5.75 Å². The van der Waals surface area contributed by atoms with E-state index in [0.717, 1.165) is 35.6 Å². The maximum atomic E-state index is 9.24. The molecule has 0 heterocycles. The molecule has 1 fully saturated rings. The van der Waals surface area contributed by atoms with Gasteiger partial charge in [0.2, 0.25) is 0 Å². The van der Waals surface area contributed by atoms with Crippen LogP contribution in [0.15, 0.2) is 18.2 Å². The van der Waals surface area contributed by atoms with Gasteiger partial charge < -0.3 is 9.84 Å². The topological polar surface area (TPSA) is 29.5 Å². The molecule has 0 radical (unpaired) electrons. The fourth-order valence-corrected chi connectivity index (χ4v) is 2.01. The first-order chi connectivity index (χ1) is 7.19. The standard InChI is InChI=1S/C12H15ClO2/c1-15-10-3-2-9(11(13)6-10)7-12(8-14)4-5-12/h2-3,6,14H,4-5,7-8H2,1H3. The zero-order valence-electron chi connectivity index (χ0n) is 8.79. The van der Waals surface area contributed by atoms with Crippen molar-refractivity contribution in [3.05, 3.63) is 28.8 Å². The molecule has 0 atom stereocenters. The highest BCUT2D eigenvalue weighted by atomic mass is 35.5. The van der Waals surface area contributed by atoms with E-state index >= 15 is 0 Å². The van der Waals surface area contributed by atoms with Gasteiger partial charge in [-0.15, -0.1) is 0 Å². The van der Waals surface area contributed by atoms with Crippen LogP contribution in [0, 0.1) is 5.41 Å². The number of methoxy groups -OCH3 is 1. The second-order valence-electron chi connectivity index (χ2n) is 4.29. The Morgan fingerprint density at radius 3 is 2.67 bits per heavy atom. The highest BCUT2D eigenvalue weighted by Crippen LogP contribution is 2.48. The van der Waals surface area contributed by atoms with Crippen LogP contribution >= 0.6 is 11.6 Å². The molecule has 0 saturated heterocycles. The van der Waals surface area contributed by atoms with Gasteiger partial charge in [-0.3, -0.25) is 0 Å². The summed E-state index contributed by atoms with van der Waals surface area (Å²) in [5.74, 6) is 0.776. The lowest BCUT2D eigenvalue weighted by molar-refractivity contribution is 0.211. The van der Waals surface area contributed by atoms with Gasteiger partial charge in [0.25, 0.3) is 0 Å². The lowest BCUT2D eigenvalue weighted by atomic mass is 9.97. The van der Waals surface area contributed by atoms with Gasteiger partial charge in [0.05, 0.1) is 7.11 Å². The number of rotatable bonds is 4. The lowest BCUT2D eigenvalue weighted by Gasteiger charge is -2.13. The van der Waals surface area contributed by atoms with Gasteiger partial charge in [-0.05, 0) is 42.4 Å². The van der Waals surface area contributed by atoms with E-state index in [-0.39, 0.29) is 12.0 Å². The molecule has 2 nitrogen and oxygen atoms in total. The van der Waals surface area contributed by atoms with Crippen molar-refractivity contribution < 1.29 is 9.84 Å². The molecule has 1 aromatic rings. The van der Waals surface area contributed by atoms with Crippen molar-refractivity contribution >= 4 is 11.6 Å². The molecule has 3 heteroatoms. The van der Waals surface area contributed by atoms with Crippen molar-refractivity contribution in [2.75, 3.05) is 13.7 Å². The van der Waals surface area contributed by atoms with Crippen LogP contribution < -0.4 is 4.74 Å². The predicted molar refractivity (Wildman–Crippen MR) is 60.5 cm³/mol. The lowest BCUT2D eigenvalue weighted by Crippen LogP contribution is -2.10. The second kappa shape index (κ2) is 4.03. The molecule has 1 aromatic carbocycles. The minimum Gasteiger partial charge on any atom is -0.497 e. The van der Waals surface area contributed by atoms with Crippen LogP contribution in [-0.4, -0.2) is 18.8 Å². The number of hydrogen-bond donors (Lipinski definition) is 1. The van der Waals surface area contributed by atoms with Gasteiger partial charge in [0.15, 0.2) is 0 Å². The van der Waals surface area contributed by atoms with Crippen LogP contribution in [0.4, 0.5) is 0 Å². The molecular formula is C12H15ClO2. The molecule has 1 saturated carbocycles. The van der Waals surface area contributed by atoms with Crippen LogP contribution in [0.25, 0.3) is 0 Å². The first-order valence-electron chi connectivity index (χ1n) is 5.12. The van der Waals surface area contributed by atoms with Crippen LogP contribution in [0.3, 0.4) is 0 Å². The number of halogens is 1. The summed E-state index contributed by atoms with van der Waals surface area (Å²) >= 11 is 6.14. The molecule has 1 aliphatic rings. The van der Waals surface area contributed by atoms with Gasteiger partial charge in [0.1, 0.15) is 5.75 Å². The van der Waals surface area contributed by atoms with E-state index in [1.165, 1.54) is 0 Å². The van der Waals surface area contributed by atoms with Crippen LogP contribution in [0.1, 0.15) is 18.4 Å². The van der Waals surface area contributed by atoms with Crippen molar-refractivity contribution in [2.45, 2.75) is 19.3 Å². The van der Waals surface area contributed by atoms with Gasteiger partial charge in [-0.1, -0.05) is 17.7 Å². The molecule has 0 bridgehead atoms. The third kappa shape index (κ3) is 2.27. The summed E-state index contributed by atoms with van der Waals surface area (Å²) in [6.45, 7) is 0.259. The average Bonchev–Trinajstić information content (AvgIpc) is 3.02. The maximum Gasteiger partial charge on any atom is 0.120 e. The summed E-state index contributed by atoms with van der Waals surface area (Å²) in [6.07, 6.45) is 3.07. The molecule has 2 rings (SSSR count). The van der Waals surface area contributed by atoms with Gasteiger partial charge >= 0.3 is 0 Å². The van der Waals surface area contributed by atoms with Gasteiger partial charge in [-0.25, -0.2) is 0 Å². The third-order valence-electron chi connectivity index (χ3n) is 3.12. The molecule has 15 heavy (non-hydrogen) atoms. The van der Waals surface area contributed by atoms with Crippen LogP contribution in [0.2, 0.25) is 5.02 Å². The Kier molecular flexibility index (Phi) is 2.89. The molecule has 1 aliphatic carbocycles. The summed E-state index contributed by atoms with van der Waals surface area (Å²) in [7, 11) is 1.63. The summed E-state index contributed by atoms with van der Waals surface area (Å²) < 4.78 is 5.09. The first kappa shape index (κ1) is 10.8. The molecule has 0 unspecified atom stereocenters. The molecule has 0 aliphatic heterocycles. The Hall–Kier alpha value is -0.730. The molecular weight excluding hydrogens is 212 g/mol. The smallest absolute Gasteiger partial charge is 0.120 e. The normalized spacial score (nSPS) is 17.5. The summed E-state index contributed by atoms with van der Waals surface area (Å²) in [5, 5.41) is 9.97. The van der Waals surface area contributed by atoms with Gasteiger partial charge in [0, 0.05) is 11.6 Å². The fraction of sp³-hybridized carbons (Fsp3) is 0.500. The Bertz CT molecular complexity index is 359. The number of aliphatic hydroxyl groups excluding tert-OH is 1. The van der Waals surface area contributed by atoms with E-state index < -0.39 is 0 Å². The van der Waals surface area contributed by atoms with Gasteiger partial charge in [-0.2, -0.15) is 0 Å². The summed E-state index contributed by atoms with van der Waals surface area (Å²) in [4.78, 5) is 0. The van der Waals surface area contributed by atoms with E-state index in [1.54, 1.807) is 7.11 Å². The van der Waals surface area contributed by atoms with Crippen molar-refractivity contribution in [3.63, 3.8) is 0 Å². The van der Waals surface area contributed by atoms with E-state index in [1.807, 2.05) is 18.2 Å². The largest absolute Gasteiger partial charge is 0.497 e. The second-order valence-corrected chi connectivity index (χ2v) is 4.70. The molecule has 1 N–H and O–H groups in total. The zero-order valence-corrected chi connectivity index (χ0v) is 9.55. The number of ether oxygens (including phenoxy) is 1. The van der Waals surface area contributed by atoms with E-state index in [2.05, 4.69) is 0 Å². The van der Waals surface area contributed by atoms with Crippen molar-refractivity contribution in [1.29, 1.82) is 0 Å². The molecule has 82 valence electrons. The number of benzene rings is 1. The Morgan fingerprint density at radius 1 is 1.47 bits per heavy atom. The van der Waals surface area contributed by atoms with Crippen molar-refractivity contribution in [1.82, 2.24) is 0 Å². The van der Waals surface area contributed by atoms with Crippen LogP contribution in [0.5, 0.6) is 5.75 Å². The molecule has 0 spiro atoms. The van der Waals surface area contributed by atoms with Crippen molar-refractivity contribution in [2.24, 2.45) is 5.41 Å². The SMILES string of the molecule is COc1ccc(CC2(CO)CC2)c(Cl)c1. The Morgan fingerprint density at radius 2 is 2.20 bits per heavy atom. The van der Waals surface area contributed by atoms with E-state index in [0.29, 0.717) is 0 Å². The van der Waals surface area contributed by atoms with E-state index in [9.17, 15) is 5.11 Å².